The number of hydrogen-bond acceptors (Lipinski definition) is 4. The van der Waals surface area contributed by atoms with Crippen molar-refractivity contribution in [3.05, 3.63) is 23.8 Å². The lowest BCUT2D eigenvalue weighted by Crippen LogP contribution is -2.31. The third-order valence-electron chi connectivity index (χ3n) is 3.10. The van der Waals surface area contributed by atoms with Crippen LogP contribution in [-0.4, -0.2) is 29.8 Å². The topological polar surface area (TPSA) is 115 Å². The van der Waals surface area contributed by atoms with Gasteiger partial charge in [-0.05, 0) is 24.6 Å². The summed E-state index contributed by atoms with van der Waals surface area (Å²) in [5.74, 6) is -0.789. The number of carbonyl (C=O) groups excluding carboxylic acids is 2. The highest BCUT2D eigenvalue weighted by atomic mass is 16.2. The molecule has 1 aliphatic heterocycles. The third kappa shape index (κ3) is 2.37. The Morgan fingerprint density at radius 2 is 1.78 bits per heavy atom. The Balaban J connectivity index is 2.15. The van der Waals surface area contributed by atoms with Crippen molar-refractivity contribution in [2.75, 3.05) is 24.6 Å². The standard InChI is InChI=1S/C12H16N4O2/c13-9-3-8(4-10(14)5-9)12(18)16-2-1-7(6-16)11(15)17/h3-5,7H,1-2,6,13-14H2,(H2,15,17). The number of benzene rings is 1. The van der Waals surface area contributed by atoms with E-state index < -0.39 is 0 Å². The van der Waals surface area contributed by atoms with Crippen LogP contribution in [0.15, 0.2) is 18.2 Å². The van der Waals surface area contributed by atoms with Gasteiger partial charge in [-0.2, -0.15) is 0 Å². The SMILES string of the molecule is NC(=O)C1CCN(C(=O)c2cc(N)cc(N)c2)C1. The molecule has 1 aromatic rings. The van der Waals surface area contributed by atoms with Gasteiger partial charge in [-0.1, -0.05) is 0 Å². The maximum absolute atomic E-state index is 12.2. The highest BCUT2D eigenvalue weighted by Gasteiger charge is 2.30. The summed E-state index contributed by atoms with van der Waals surface area (Å²) >= 11 is 0. The predicted octanol–water partition coefficient (Wildman–Crippen LogP) is -0.202. The molecule has 1 aliphatic rings. The van der Waals surface area contributed by atoms with E-state index in [-0.39, 0.29) is 17.7 Å². The monoisotopic (exact) mass is 248 g/mol. The second-order valence-electron chi connectivity index (χ2n) is 4.53. The van der Waals surface area contributed by atoms with Crippen molar-refractivity contribution < 1.29 is 9.59 Å². The van der Waals surface area contributed by atoms with Gasteiger partial charge in [0.05, 0.1) is 5.92 Å². The molecule has 1 heterocycles. The van der Waals surface area contributed by atoms with Crippen molar-refractivity contribution >= 4 is 23.2 Å². The summed E-state index contributed by atoms with van der Waals surface area (Å²) in [7, 11) is 0. The molecule has 1 saturated heterocycles. The minimum atomic E-state index is -0.364. The molecule has 0 radical (unpaired) electrons. The first-order valence-electron chi connectivity index (χ1n) is 5.72. The lowest BCUT2D eigenvalue weighted by molar-refractivity contribution is -0.121. The second kappa shape index (κ2) is 4.56. The number of carbonyl (C=O) groups is 2. The summed E-state index contributed by atoms with van der Waals surface area (Å²) < 4.78 is 0. The van der Waals surface area contributed by atoms with Crippen molar-refractivity contribution in [3.63, 3.8) is 0 Å². The van der Waals surface area contributed by atoms with Gasteiger partial charge >= 0.3 is 0 Å². The summed E-state index contributed by atoms with van der Waals surface area (Å²) in [5, 5.41) is 0. The highest BCUT2D eigenvalue weighted by molar-refractivity contribution is 5.96. The maximum Gasteiger partial charge on any atom is 0.254 e. The maximum atomic E-state index is 12.2. The van der Waals surface area contributed by atoms with Crippen LogP contribution in [0.4, 0.5) is 11.4 Å². The number of anilines is 2. The van der Waals surface area contributed by atoms with Gasteiger partial charge in [0.15, 0.2) is 0 Å². The number of rotatable bonds is 2. The fraction of sp³-hybridized carbons (Fsp3) is 0.333. The fourth-order valence-electron chi connectivity index (χ4n) is 2.16. The lowest BCUT2D eigenvalue weighted by atomic mass is 10.1. The minimum Gasteiger partial charge on any atom is -0.399 e. The van der Waals surface area contributed by atoms with Crippen LogP contribution in [0.25, 0.3) is 0 Å². The zero-order valence-electron chi connectivity index (χ0n) is 9.93. The van der Waals surface area contributed by atoms with Gasteiger partial charge in [0.25, 0.3) is 5.91 Å². The summed E-state index contributed by atoms with van der Waals surface area (Å²) in [6.07, 6.45) is 0.610. The van der Waals surface area contributed by atoms with Crippen LogP contribution in [0.2, 0.25) is 0 Å². The van der Waals surface area contributed by atoms with Crippen LogP contribution in [0.5, 0.6) is 0 Å². The lowest BCUT2D eigenvalue weighted by Gasteiger charge is -2.16. The normalized spacial score (nSPS) is 18.9. The molecule has 0 aromatic heterocycles. The first-order chi connectivity index (χ1) is 8.47. The first-order valence-corrected chi connectivity index (χ1v) is 5.72. The van der Waals surface area contributed by atoms with Crippen molar-refractivity contribution in [2.24, 2.45) is 11.7 Å². The number of likely N-dealkylation sites (tertiary alicyclic amines) is 1. The molecule has 0 aliphatic carbocycles. The van der Waals surface area contributed by atoms with E-state index >= 15 is 0 Å². The number of primary amides is 1. The van der Waals surface area contributed by atoms with Crippen molar-refractivity contribution in [3.8, 4) is 0 Å². The molecule has 1 fully saturated rings. The number of nitrogen functional groups attached to an aromatic ring is 2. The van der Waals surface area contributed by atoms with Gasteiger partial charge in [0.2, 0.25) is 5.91 Å². The van der Waals surface area contributed by atoms with Gasteiger partial charge in [0, 0.05) is 30.0 Å². The zero-order chi connectivity index (χ0) is 13.3. The number of nitrogens with two attached hydrogens (primary N) is 3. The molecular weight excluding hydrogens is 232 g/mol. The van der Waals surface area contributed by atoms with E-state index in [1.807, 2.05) is 0 Å². The Bertz CT molecular complexity index is 481. The van der Waals surface area contributed by atoms with Crippen LogP contribution < -0.4 is 17.2 Å². The summed E-state index contributed by atoms with van der Waals surface area (Å²) in [5.41, 5.74) is 17.9. The molecule has 96 valence electrons. The van der Waals surface area contributed by atoms with Crippen LogP contribution >= 0.6 is 0 Å². The molecule has 1 aromatic carbocycles. The zero-order valence-corrected chi connectivity index (χ0v) is 9.93. The molecule has 18 heavy (non-hydrogen) atoms. The Morgan fingerprint density at radius 3 is 2.28 bits per heavy atom. The quantitative estimate of drug-likeness (QED) is 0.628. The molecule has 1 unspecified atom stereocenters. The average molecular weight is 248 g/mol. The van der Waals surface area contributed by atoms with E-state index in [1.165, 1.54) is 0 Å². The van der Waals surface area contributed by atoms with Crippen LogP contribution in [-0.2, 0) is 4.79 Å². The molecule has 6 heteroatoms. The Hall–Kier alpha value is -2.24. The molecule has 1 atom stereocenters. The van der Waals surface area contributed by atoms with E-state index in [0.717, 1.165) is 0 Å². The van der Waals surface area contributed by atoms with Gasteiger partial charge in [-0.25, -0.2) is 0 Å². The van der Waals surface area contributed by atoms with E-state index in [4.69, 9.17) is 17.2 Å². The molecule has 6 N–H and O–H groups in total. The molecule has 0 saturated carbocycles. The number of hydrogen-bond donors (Lipinski definition) is 3. The highest BCUT2D eigenvalue weighted by Crippen LogP contribution is 2.21. The van der Waals surface area contributed by atoms with E-state index in [9.17, 15) is 9.59 Å². The fourth-order valence-corrected chi connectivity index (χ4v) is 2.16. The molecule has 6 nitrogen and oxygen atoms in total. The number of amides is 2. The Labute approximate surface area is 105 Å². The smallest absolute Gasteiger partial charge is 0.254 e. The largest absolute Gasteiger partial charge is 0.399 e. The minimum absolute atomic E-state index is 0.169. The van der Waals surface area contributed by atoms with Crippen LogP contribution in [0.1, 0.15) is 16.8 Å². The molecule has 2 rings (SSSR count). The third-order valence-corrected chi connectivity index (χ3v) is 3.10. The van der Waals surface area contributed by atoms with Crippen LogP contribution in [0, 0.1) is 5.92 Å². The van der Waals surface area contributed by atoms with E-state index in [2.05, 4.69) is 0 Å². The average Bonchev–Trinajstić information content (AvgIpc) is 2.75. The molecule has 2 amide bonds. The van der Waals surface area contributed by atoms with Crippen molar-refractivity contribution in [1.29, 1.82) is 0 Å². The van der Waals surface area contributed by atoms with E-state index in [0.29, 0.717) is 36.4 Å². The Morgan fingerprint density at radius 1 is 1.17 bits per heavy atom. The van der Waals surface area contributed by atoms with Crippen molar-refractivity contribution in [2.45, 2.75) is 6.42 Å². The summed E-state index contributed by atoms with van der Waals surface area (Å²) in [4.78, 5) is 24.8. The Kier molecular flexibility index (Phi) is 3.10. The van der Waals surface area contributed by atoms with Crippen LogP contribution in [0.3, 0.4) is 0 Å². The van der Waals surface area contributed by atoms with Gasteiger partial charge in [-0.15, -0.1) is 0 Å². The second-order valence-corrected chi connectivity index (χ2v) is 4.53. The number of nitrogens with zero attached hydrogens (tertiary/aromatic N) is 1. The summed E-state index contributed by atoms with van der Waals surface area (Å²) in [6, 6.07) is 4.75. The summed E-state index contributed by atoms with van der Waals surface area (Å²) in [6.45, 7) is 0.893. The van der Waals surface area contributed by atoms with Crippen molar-refractivity contribution in [1.82, 2.24) is 4.90 Å². The molecule has 0 spiro atoms. The molecular formula is C12H16N4O2. The first kappa shape index (κ1) is 12.2. The van der Waals surface area contributed by atoms with E-state index in [1.54, 1.807) is 23.1 Å². The molecule has 0 bridgehead atoms. The predicted molar refractivity (Wildman–Crippen MR) is 68.5 cm³/mol. The van der Waals surface area contributed by atoms with Gasteiger partial charge < -0.3 is 22.1 Å². The van der Waals surface area contributed by atoms with Gasteiger partial charge in [-0.3, -0.25) is 9.59 Å². The van der Waals surface area contributed by atoms with Gasteiger partial charge in [0.1, 0.15) is 0 Å².